The number of oxime groups is 1. The topological polar surface area (TPSA) is 171 Å². The molecule has 4 aromatic rings. The van der Waals surface area contributed by atoms with E-state index in [2.05, 4.69) is 25.7 Å². The number of β-lactam (4-membered cyclic amide) rings is 1. The second-order valence-electron chi connectivity index (χ2n) is 9.84. The molecular formula is C30H27N7O6S3. The van der Waals surface area contributed by atoms with Crippen molar-refractivity contribution < 1.29 is 28.7 Å². The largest absolute Gasteiger partial charge is 0.492 e. The summed E-state index contributed by atoms with van der Waals surface area (Å²) in [6.45, 7) is 1.96. The van der Waals surface area contributed by atoms with Crippen molar-refractivity contribution in [2.24, 2.45) is 5.16 Å². The molecule has 13 nitrogen and oxygen atoms in total. The first-order valence-electron chi connectivity index (χ1n) is 14.1. The molecule has 0 bridgehead atoms. The number of anilines is 1. The van der Waals surface area contributed by atoms with E-state index in [4.69, 9.17) is 20.0 Å². The van der Waals surface area contributed by atoms with Crippen LogP contribution in [0.25, 0.3) is 0 Å². The Hall–Kier alpha value is -4.80. The highest BCUT2D eigenvalue weighted by Gasteiger charge is 2.55. The molecule has 0 radical (unpaired) electrons. The number of ether oxygens (including phenoxy) is 2. The van der Waals surface area contributed by atoms with Crippen molar-refractivity contribution in [2.45, 2.75) is 29.5 Å². The molecule has 0 saturated carbocycles. The summed E-state index contributed by atoms with van der Waals surface area (Å²) in [5, 5.41) is 16.3. The fourth-order valence-corrected chi connectivity index (χ4v) is 6.88. The lowest BCUT2D eigenvalue weighted by atomic mass is 9.92. The molecule has 4 heterocycles. The van der Waals surface area contributed by atoms with Gasteiger partial charge in [0.15, 0.2) is 27.0 Å². The predicted molar refractivity (Wildman–Crippen MR) is 172 cm³/mol. The summed E-state index contributed by atoms with van der Waals surface area (Å²) in [5.41, 5.74) is 8.92. The van der Waals surface area contributed by atoms with Crippen molar-refractivity contribution >= 4 is 63.1 Å². The number of carbonyl (C=O) groups is 3. The van der Waals surface area contributed by atoms with Crippen LogP contribution in [0.2, 0.25) is 0 Å². The molecule has 0 aliphatic carbocycles. The zero-order chi connectivity index (χ0) is 32.0. The minimum Gasteiger partial charge on any atom is -0.492 e. The highest BCUT2D eigenvalue weighted by Crippen LogP contribution is 2.37. The van der Waals surface area contributed by atoms with E-state index in [1.807, 2.05) is 60.7 Å². The number of thioether (sulfide) groups is 1. The van der Waals surface area contributed by atoms with Crippen LogP contribution in [-0.2, 0) is 28.7 Å². The molecule has 3 N–H and O–H groups in total. The van der Waals surface area contributed by atoms with E-state index in [1.54, 1.807) is 17.8 Å². The normalized spacial score (nSPS) is 17.7. The van der Waals surface area contributed by atoms with Gasteiger partial charge in [0.25, 0.3) is 11.8 Å². The van der Waals surface area contributed by atoms with Crippen molar-refractivity contribution in [1.82, 2.24) is 25.4 Å². The summed E-state index contributed by atoms with van der Waals surface area (Å²) < 4.78 is 12.9. The number of carbonyl (C=O) groups excluding carboxylic acids is 3. The highest BCUT2D eigenvalue weighted by molar-refractivity contribution is 8.01. The summed E-state index contributed by atoms with van der Waals surface area (Å²) >= 11 is 3.80. The van der Waals surface area contributed by atoms with Crippen molar-refractivity contribution in [3.8, 4) is 0 Å². The van der Waals surface area contributed by atoms with Crippen LogP contribution in [0.4, 0.5) is 5.13 Å². The number of esters is 1. The van der Waals surface area contributed by atoms with Gasteiger partial charge in [-0.2, -0.15) is 0 Å². The zero-order valence-corrected chi connectivity index (χ0v) is 26.7. The Labute approximate surface area is 275 Å². The van der Waals surface area contributed by atoms with Gasteiger partial charge in [0.1, 0.15) is 42.3 Å². The Morgan fingerprint density at radius 1 is 1.15 bits per heavy atom. The van der Waals surface area contributed by atoms with E-state index in [0.717, 1.165) is 22.5 Å². The molecule has 1 saturated heterocycles. The zero-order valence-electron chi connectivity index (χ0n) is 24.3. The van der Waals surface area contributed by atoms with E-state index < -0.39 is 36.0 Å². The Morgan fingerprint density at radius 3 is 2.48 bits per heavy atom. The van der Waals surface area contributed by atoms with Gasteiger partial charge in [-0.15, -0.1) is 21.5 Å². The lowest BCUT2D eigenvalue weighted by Gasteiger charge is -2.49. The van der Waals surface area contributed by atoms with Gasteiger partial charge in [0.2, 0.25) is 0 Å². The third kappa shape index (κ3) is 6.59. The van der Waals surface area contributed by atoms with E-state index >= 15 is 0 Å². The van der Waals surface area contributed by atoms with Gasteiger partial charge in [0.05, 0.1) is 5.75 Å². The summed E-state index contributed by atoms with van der Waals surface area (Å²) in [4.78, 5) is 51.7. The third-order valence-corrected chi connectivity index (χ3v) is 9.53. The first kappa shape index (κ1) is 31.2. The molecule has 236 valence electrons. The number of nitrogens with one attached hydrogen (secondary N) is 1. The predicted octanol–water partition coefficient (Wildman–Crippen LogP) is 3.38. The Balaban J connectivity index is 1.27. The summed E-state index contributed by atoms with van der Waals surface area (Å²) in [6.07, 6.45) is -0.755. The van der Waals surface area contributed by atoms with Gasteiger partial charge in [-0.05, 0) is 18.1 Å². The van der Waals surface area contributed by atoms with Crippen LogP contribution in [0.3, 0.4) is 0 Å². The van der Waals surface area contributed by atoms with Crippen molar-refractivity contribution in [1.29, 1.82) is 0 Å². The lowest BCUT2D eigenvalue weighted by molar-refractivity contribution is -0.163. The van der Waals surface area contributed by atoms with Crippen LogP contribution in [0.1, 0.15) is 29.8 Å². The second kappa shape index (κ2) is 14.1. The number of fused-ring (bicyclic) bond motifs is 1. The number of thiazole rings is 1. The van der Waals surface area contributed by atoms with Gasteiger partial charge < -0.3 is 25.4 Å². The lowest BCUT2D eigenvalue weighted by Crippen LogP contribution is -2.73. The van der Waals surface area contributed by atoms with Crippen LogP contribution >= 0.6 is 34.4 Å². The molecule has 2 atom stereocenters. The molecule has 2 aromatic heterocycles. The molecule has 1 fully saturated rings. The second-order valence-corrected chi connectivity index (χ2v) is 12.8. The molecule has 6 rings (SSSR count). The average Bonchev–Trinajstić information content (AvgIpc) is 3.77. The van der Waals surface area contributed by atoms with Gasteiger partial charge in [-0.3, -0.25) is 14.5 Å². The van der Waals surface area contributed by atoms with Crippen molar-refractivity contribution in [3.63, 3.8) is 0 Å². The number of hydrogen-bond donors (Lipinski definition) is 2. The maximum absolute atomic E-state index is 14.1. The Bertz CT molecular complexity index is 1730. The van der Waals surface area contributed by atoms with E-state index in [-0.39, 0.29) is 47.0 Å². The van der Waals surface area contributed by atoms with E-state index in [9.17, 15) is 14.4 Å². The monoisotopic (exact) mass is 677 g/mol. The summed E-state index contributed by atoms with van der Waals surface area (Å²) in [7, 11) is 0. The fraction of sp³-hybridized carbons (Fsp3) is 0.233. The molecule has 2 amide bonds. The number of nitrogens with zero attached hydrogens (tertiary/aromatic N) is 5. The van der Waals surface area contributed by atoms with Crippen molar-refractivity contribution in [3.05, 3.63) is 99.8 Å². The maximum atomic E-state index is 14.1. The van der Waals surface area contributed by atoms with Crippen LogP contribution in [-0.4, -0.2) is 74.6 Å². The smallest absolute Gasteiger partial charge is 0.359 e. The van der Waals surface area contributed by atoms with Crippen molar-refractivity contribution in [2.75, 3.05) is 24.7 Å². The maximum Gasteiger partial charge on any atom is 0.359 e. The minimum atomic E-state index is -1.01. The first-order chi connectivity index (χ1) is 22.4. The van der Waals surface area contributed by atoms with Gasteiger partial charge in [0, 0.05) is 5.38 Å². The SMILES string of the molecule is CCO/N=C(\C(=O)NC1C(=O)N2C(C(=O)OC(c3ccccc3)c3ccccc3)=C(CSc3nncs3)OCC12)c1csc(N)n1. The standard InChI is InChI=1S/C30H27N7O6S3/c1-2-42-36-22(19-14-44-29(31)33-19)26(38)34-23-20-13-41-21(15-45-30-35-32-16-46-30)24(37(20)27(23)39)28(40)43-25(17-9-5-3-6-10-17)18-11-7-4-8-12-18/h3-12,14,16,20,23,25H,2,13,15H2,1H3,(H2,31,33)(H,34,38)/b36-22-. The number of benzene rings is 2. The molecule has 46 heavy (non-hydrogen) atoms. The van der Waals surface area contributed by atoms with Crippen LogP contribution in [0, 0.1) is 0 Å². The number of rotatable bonds is 12. The van der Waals surface area contributed by atoms with E-state index in [0.29, 0.717) is 4.34 Å². The molecule has 2 aliphatic rings. The quantitative estimate of drug-likeness (QED) is 0.0741. The highest BCUT2D eigenvalue weighted by atomic mass is 32.2. The fourth-order valence-electron chi connectivity index (χ4n) is 4.90. The number of amides is 2. The van der Waals surface area contributed by atoms with Gasteiger partial charge in [-0.1, -0.05) is 88.9 Å². The molecule has 2 unspecified atom stereocenters. The number of nitrogen functional groups attached to an aromatic ring is 1. The average molecular weight is 678 g/mol. The molecule has 2 aliphatic heterocycles. The Morgan fingerprint density at radius 2 is 1.87 bits per heavy atom. The van der Waals surface area contributed by atoms with E-state index in [1.165, 1.54) is 28.0 Å². The third-order valence-electron chi connectivity index (χ3n) is 6.99. The molecular weight excluding hydrogens is 651 g/mol. The molecule has 16 heteroatoms. The first-order valence-corrected chi connectivity index (χ1v) is 16.8. The molecule has 2 aromatic carbocycles. The van der Waals surface area contributed by atoms with Crippen LogP contribution in [0.5, 0.6) is 0 Å². The minimum absolute atomic E-state index is 0.0296. The van der Waals surface area contributed by atoms with Crippen LogP contribution in [0.15, 0.2) is 92.5 Å². The molecule has 0 spiro atoms. The summed E-state index contributed by atoms with van der Waals surface area (Å²) in [5.74, 6) is -1.47. The number of aromatic nitrogens is 3. The summed E-state index contributed by atoms with van der Waals surface area (Å²) in [6, 6.07) is 17.0. The van der Waals surface area contributed by atoms with Crippen LogP contribution < -0.4 is 11.1 Å². The number of nitrogens with two attached hydrogens (primary N) is 1. The number of hydrogen-bond acceptors (Lipinski definition) is 14. The van der Waals surface area contributed by atoms with Gasteiger partial charge in [-0.25, -0.2) is 9.78 Å². The Kier molecular flexibility index (Phi) is 9.56. The van der Waals surface area contributed by atoms with Gasteiger partial charge >= 0.3 is 5.97 Å².